The molecule has 0 aliphatic carbocycles. The number of hydrogen-bond donors (Lipinski definition) is 1. The molecule has 8 heteroatoms. The topological polar surface area (TPSA) is 86.9 Å². The van der Waals surface area contributed by atoms with Crippen LogP contribution in [0.15, 0.2) is 53.5 Å². The molecule has 2 aromatic carbocycles. The maximum Gasteiger partial charge on any atom is 0.276 e. The van der Waals surface area contributed by atoms with Gasteiger partial charge in [0.2, 0.25) is 0 Å². The van der Waals surface area contributed by atoms with Crippen molar-refractivity contribution < 1.29 is 14.3 Å². The molecule has 0 atom stereocenters. The first-order valence-corrected chi connectivity index (χ1v) is 8.53. The van der Waals surface area contributed by atoms with E-state index >= 15 is 0 Å². The van der Waals surface area contributed by atoms with E-state index in [0.29, 0.717) is 33.8 Å². The van der Waals surface area contributed by atoms with Crippen molar-refractivity contribution in [3.8, 4) is 11.5 Å². The van der Waals surface area contributed by atoms with Gasteiger partial charge in [0.05, 0.1) is 31.4 Å². The smallest absolute Gasteiger partial charge is 0.276 e. The number of aromatic nitrogens is 3. The lowest BCUT2D eigenvalue weighted by Crippen LogP contribution is -2.20. The lowest BCUT2D eigenvalue weighted by molar-refractivity contribution is 0.102. The first-order valence-electron chi connectivity index (χ1n) is 8.53. The van der Waals surface area contributed by atoms with Crippen LogP contribution in [-0.2, 0) is 7.05 Å². The van der Waals surface area contributed by atoms with Gasteiger partial charge in [-0.25, -0.2) is 4.52 Å². The molecule has 0 saturated heterocycles. The molecule has 0 fully saturated rings. The number of benzene rings is 2. The molecule has 1 amide bonds. The number of ether oxygens (including phenoxy) is 2. The minimum atomic E-state index is -0.304. The Balaban J connectivity index is 1.73. The molecular weight excluding hydrogens is 360 g/mol. The molecule has 0 aliphatic heterocycles. The maximum atomic E-state index is 12.7. The van der Waals surface area contributed by atoms with Crippen LogP contribution < -0.4 is 20.3 Å². The number of carbonyl (C=O) groups excluding carboxylic acids is 1. The monoisotopic (exact) mass is 378 g/mol. The summed E-state index contributed by atoms with van der Waals surface area (Å²) in [5, 5.41) is 7.03. The minimum absolute atomic E-state index is 0.178. The summed E-state index contributed by atoms with van der Waals surface area (Å²) >= 11 is 0. The quantitative estimate of drug-likeness (QED) is 0.589. The molecule has 0 spiro atoms. The third-order valence-corrected chi connectivity index (χ3v) is 4.64. The predicted molar refractivity (Wildman–Crippen MR) is 105 cm³/mol. The van der Waals surface area contributed by atoms with Gasteiger partial charge in [-0.2, -0.15) is 5.10 Å². The third kappa shape index (κ3) is 2.75. The summed E-state index contributed by atoms with van der Waals surface area (Å²) in [6.45, 7) is 0. The molecule has 1 N–H and O–H groups in total. The van der Waals surface area contributed by atoms with E-state index in [-0.39, 0.29) is 11.5 Å². The fourth-order valence-electron chi connectivity index (χ4n) is 3.17. The molecule has 0 aliphatic rings. The van der Waals surface area contributed by atoms with Crippen molar-refractivity contribution in [1.82, 2.24) is 14.2 Å². The van der Waals surface area contributed by atoms with Gasteiger partial charge < -0.3 is 19.4 Å². The fraction of sp³-hybridized carbons (Fsp3) is 0.150. The highest BCUT2D eigenvalue weighted by atomic mass is 16.5. The number of aryl methyl sites for hydroxylation is 1. The summed E-state index contributed by atoms with van der Waals surface area (Å²) in [5.41, 5.74) is 2.65. The summed E-state index contributed by atoms with van der Waals surface area (Å²) < 4.78 is 13.6. The third-order valence-electron chi connectivity index (χ3n) is 4.64. The molecular formula is C20H18N4O4. The van der Waals surface area contributed by atoms with Crippen LogP contribution in [0.2, 0.25) is 0 Å². The maximum absolute atomic E-state index is 12.7. The number of nitrogens with one attached hydrogen (secondary N) is 1. The Kier molecular flexibility index (Phi) is 4.23. The van der Waals surface area contributed by atoms with E-state index in [1.165, 1.54) is 11.7 Å². The van der Waals surface area contributed by atoms with Gasteiger partial charge in [-0.1, -0.05) is 0 Å². The van der Waals surface area contributed by atoms with Crippen molar-refractivity contribution in [2.75, 3.05) is 19.5 Å². The van der Waals surface area contributed by atoms with Crippen LogP contribution in [-0.4, -0.2) is 34.3 Å². The Labute approximate surface area is 159 Å². The molecule has 4 aromatic rings. The molecule has 0 bridgehead atoms. The SMILES string of the molecule is COc1ccc(NC(=O)c2ccc3c(c2)n(C)c(=O)c2ccnn23)cc1OC. The number of methoxy groups -OCH3 is 2. The fourth-order valence-corrected chi connectivity index (χ4v) is 3.17. The molecule has 4 rings (SSSR count). The first kappa shape index (κ1) is 17.6. The average molecular weight is 378 g/mol. The lowest BCUT2D eigenvalue weighted by atomic mass is 10.1. The van der Waals surface area contributed by atoms with Gasteiger partial charge in [-0.3, -0.25) is 9.59 Å². The van der Waals surface area contributed by atoms with Gasteiger partial charge in [-0.15, -0.1) is 0 Å². The Bertz CT molecular complexity index is 1270. The minimum Gasteiger partial charge on any atom is -0.493 e. The Morgan fingerprint density at radius 1 is 0.964 bits per heavy atom. The van der Waals surface area contributed by atoms with Crippen LogP contribution in [0.3, 0.4) is 0 Å². The van der Waals surface area contributed by atoms with Crippen molar-refractivity contribution in [2.24, 2.45) is 7.05 Å². The predicted octanol–water partition coefficient (Wildman–Crippen LogP) is 2.46. The van der Waals surface area contributed by atoms with E-state index in [2.05, 4.69) is 10.4 Å². The van der Waals surface area contributed by atoms with E-state index in [0.717, 1.165) is 5.52 Å². The molecule has 2 heterocycles. The van der Waals surface area contributed by atoms with Gasteiger partial charge in [-0.05, 0) is 36.4 Å². The van der Waals surface area contributed by atoms with Crippen molar-refractivity contribution in [1.29, 1.82) is 0 Å². The Hall–Kier alpha value is -3.81. The van der Waals surface area contributed by atoms with Crippen molar-refractivity contribution >= 4 is 28.1 Å². The van der Waals surface area contributed by atoms with Crippen molar-refractivity contribution in [2.45, 2.75) is 0 Å². The van der Waals surface area contributed by atoms with E-state index < -0.39 is 0 Å². The number of anilines is 1. The Morgan fingerprint density at radius 2 is 1.75 bits per heavy atom. The second-order valence-electron chi connectivity index (χ2n) is 6.22. The molecule has 0 radical (unpaired) electrons. The standard InChI is InChI=1S/C20H18N4O4/c1-23-16-10-12(4-6-14(16)24-15(20(23)26)8-9-21-24)19(25)22-13-5-7-17(27-2)18(11-13)28-3/h4-11H,1-3H3,(H,22,25). The van der Waals surface area contributed by atoms with E-state index in [4.69, 9.17) is 9.47 Å². The van der Waals surface area contributed by atoms with Gasteiger partial charge >= 0.3 is 0 Å². The summed E-state index contributed by atoms with van der Waals surface area (Å²) in [6, 6.07) is 11.9. The van der Waals surface area contributed by atoms with Crippen LogP contribution in [0.25, 0.3) is 16.6 Å². The van der Waals surface area contributed by atoms with Crippen LogP contribution in [0.5, 0.6) is 11.5 Å². The van der Waals surface area contributed by atoms with Crippen LogP contribution >= 0.6 is 0 Å². The number of fused-ring (bicyclic) bond motifs is 3. The van der Waals surface area contributed by atoms with Gasteiger partial charge in [0.1, 0.15) is 5.52 Å². The molecule has 0 unspecified atom stereocenters. The van der Waals surface area contributed by atoms with Crippen molar-refractivity contribution in [3.05, 3.63) is 64.6 Å². The molecule has 8 nitrogen and oxygen atoms in total. The number of hydrogen-bond acceptors (Lipinski definition) is 5. The highest BCUT2D eigenvalue weighted by Crippen LogP contribution is 2.30. The molecule has 0 saturated carbocycles. The lowest BCUT2D eigenvalue weighted by Gasteiger charge is -2.12. The summed E-state index contributed by atoms with van der Waals surface area (Å²) in [4.78, 5) is 25.2. The highest BCUT2D eigenvalue weighted by molar-refractivity contribution is 6.06. The second-order valence-corrected chi connectivity index (χ2v) is 6.22. The number of rotatable bonds is 4. The summed E-state index contributed by atoms with van der Waals surface area (Å²) in [5.74, 6) is 0.786. The van der Waals surface area contributed by atoms with E-state index in [9.17, 15) is 9.59 Å². The molecule has 2 aromatic heterocycles. The molecule has 28 heavy (non-hydrogen) atoms. The van der Waals surface area contributed by atoms with Gasteiger partial charge in [0.15, 0.2) is 11.5 Å². The number of carbonyl (C=O) groups is 1. The van der Waals surface area contributed by atoms with E-state index in [1.54, 1.807) is 67.3 Å². The van der Waals surface area contributed by atoms with Crippen molar-refractivity contribution in [3.63, 3.8) is 0 Å². The Morgan fingerprint density at radius 3 is 2.50 bits per heavy atom. The first-order chi connectivity index (χ1) is 13.5. The van der Waals surface area contributed by atoms with Crippen LogP contribution in [0.1, 0.15) is 10.4 Å². The summed E-state index contributed by atoms with van der Waals surface area (Å²) in [6.07, 6.45) is 1.58. The normalized spacial score (nSPS) is 11.0. The number of nitrogens with zero attached hydrogens (tertiary/aromatic N) is 3. The molecule has 142 valence electrons. The zero-order valence-corrected chi connectivity index (χ0v) is 15.6. The van der Waals surface area contributed by atoms with E-state index in [1.807, 2.05) is 0 Å². The largest absolute Gasteiger partial charge is 0.493 e. The van der Waals surface area contributed by atoms with Gasteiger partial charge in [0.25, 0.3) is 11.5 Å². The van der Waals surface area contributed by atoms with Crippen LogP contribution in [0.4, 0.5) is 5.69 Å². The summed E-state index contributed by atoms with van der Waals surface area (Å²) in [7, 11) is 4.75. The second kappa shape index (κ2) is 6.73. The number of amides is 1. The zero-order valence-electron chi connectivity index (χ0n) is 15.6. The zero-order chi connectivity index (χ0) is 19.8. The van der Waals surface area contributed by atoms with Crippen LogP contribution in [0, 0.1) is 0 Å². The van der Waals surface area contributed by atoms with Gasteiger partial charge in [0, 0.05) is 24.4 Å². The average Bonchev–Trinajstić information content (AvgIpc) is 3.21. The highest BCUT2D eigenvalue weighted by Gasteiger charge is 2.14.